The van der Waals surface area contributed by atoms with Crippen LogP contribution in [0.3, 0.4) is 0 Å². The van der Waals surface area contributed by atoms with Crippen LogP contribution < -0.4 is 18.9 Å². The maximum atomic E-state index is 13.8. The molecule has 3 aromatic carbocycles. The number of para-hydroxylation sites is 2. The third-order valence-electron chi connectivity index (χ3n) is 6.46. The minimum atomic E-state index is -0.482. The van der Waals surface area contributed by atoms with Crippen molar-refractivity contribution in [2.75, 3.05) is 34.5 Å². The van der Waals surface area contributed by atoms with Crippen LogP contribution in [0.2, 0.25) is 0 Å². The highest BCUT2D eigenvalue weighted by Gasteiger charge is 2.35. The van der Waals surface area contributed by atoms with Crippen molar-refractivity contribution >= 4 is 11.6 Å². The zero-order valence-corrected chi connectivity index (χ0v) is 20.6. The van der Waals surface area contributed by atoms with Crippen molar-refractivity contribution in [3.8, 4) is 23.0 Å². The van der Waals surface area contributed by atoms with Crippen LogP contribution in [0.25, 0.3) is 0 Å². The lowest BCUT2D eigenvalue weighted by Crippen LogP contribution is -2.43. The van der Waals surface area contributed by atoms with Crippen LogP contribution in [0.4, 0.5) is 5.69 Å². The van der Waals surface area contributed by atoms with Crippen LogP contribution in [0.15, 0.2) is 54.6 Å². The smallest absolute Gasteiger partial charge is 0.273 e. The molecular weight excluding hydrogens is 464 g/mol. The summed E-state index contributed by atoms with van der Waals surface area (Å²) in [7, 11) is 4.70. The number of methoxy groups -OCH3 is 3. The van der Waals surface area contributed by atoms with Gasteiger partial charge >= 0.3 is 0 Å². The summed E-state index contributed by atoms with van der Waals surface area (Å²) in [5.74, 6) is 1.97. The van der Waals surface area contributed by atoms with Gasteiger partial charge in [-0.05, 0) is 54.8 Å². The van der Waals surface area contributed by atoms with Gasteiger partial charge in [-0.25, -0.2) is 0 Å². The van der Waals surface area contributed by atoms with Crippen LogP contribution in [-0.2, 0) is 6.42 Å². The zero-order chi connectivity index (χ0) is 25.8. The highest BCUT2D eigenvalue weighted by Crippen LogP contribution is 2.40. The Kier molecular flexibility index (Phi) is 7.28. The Morgan fingerprint density at radius 2 is 1.64 bits per heavy atom. The Morgan fingerprint density at radius 3 is 2.31 bits per heavy atom. The minimum absolute atomic E-state index is 0.0912. The predicted molar refractivity (Wildman–Crippen MR) is 133 cm³/mol. The maximum absolute atomic E-state index is 13.8. The Morgan fingerprint density at radius 1 is 0.972 bits per heavy atom. The number of nitro groups is 1. The molecule has 1 aliphatic heterocycles. The Labute approximate surface area is 209 Å². The fraction of sp³-hybridized carbons (Fsp3) is 0.296. The minimum Gasteiger partial charge on any atom is -0.493 e. The fourth-order valence-corrected chi connectivity index (χ4v) is 4.57. The van der Waals surface area contributed by atoms with Gasteiger partial charge in [-0.3, -0.25) is 14.9 Å². The highest BCUT2D eigenvalue weighted by atomic mass is 16.6. The van der Waals surface area contributed by atoms with Crippen molar-refractivity contribution in [3.05, 3.63) is 87.0 Å². The third-order valence-corrected chi connectivity index (χ3v) is 6.46. The second-order valence-electron chi connectivity index (χ2n) is 8.34. The molecule has 9 nitrogen and oxygen atoms in total. The van der Waals surface area contributed by atoms with Crippen molar-refractivity contribution in [1.29, 1.82) is 0 Å². The maximum Gasteiger partial charge on any atom is 0.273 e. The molecule has 0 fully saturated rings. The summed E-state index contributed by atoms with van der Waals surface area (Å²) in [5, 5.41) is 11.5. The number of hydrogen-bond donors (Lipinski definition) is 0. The standard InChI is InChI=1S/C27H28N2O7/c1-17-19(8-7-9-21(17)29(31)32)27(30)28-13-12-18-14-25(34-3)26(35-4)15-20(18)22(28)16-36-24-11-6-5-10-23(24)33-2/h5-11,14-15,22H,12-13,16H2,1-4H3/t22-/m1/s1. The number of benzene rings is 3. The van der Waals surface area contributed by atoms with Crippen molar-refractivity contribution in [1.82, 2.24) is 4.90 Å². The summed E-state index contributed by atoms with van der Waals surface area (Å²) in [4.78, 5) is 26.5. The summed E-state index contributed by atoms with van der Waals surface area (Å²) in [6, 6.07) is 15.1. The van der Waals surface area contributed by atoms with E-state index in [0.29, 0.717) is 41.5 Å². The molecule has 0 radical (unpaired) electrons. The second kappa shape index (κ2) is 10.6. The lowest BCUT2D eigenvalue weighted by atomic mass is 9.91. The molecule has 0 saturated heterocycles. The number of carbonyl (C=O) groups is 1. The molecule has 0 spiro atoms. The molecule has 0 aromatic heterocycles. The van der Waals surface area contributed by atoms with Gasteiger partial charge < -0.3 is 23.8 Å². The van der Waals surface area contributed by atoms with E-state index in [4.69, 9.17) is 18.9 Å². The third kappa shape index (κ3) is 4.64. The van der Waals surface area contributed by atoms with Crippen molar-refractivity contribution in [3.63, 3.8) is 0 Å². The molecule has 1 amide bonds. The molecule has 0 saturated carbocycles. The van der Waals surface area contributed by atoms with Gasteiger partial charge in [0.1, 0.15) is 6.61 Å². The first-order chi connectivity index (χ1) is 17.4. The average molecular weight is 493 g/mol. The molecule has 0 bridgehead atoms. The number of nitrogens with zero attached hydrogens (tertiary/aromatic N) is 2. The molecule has 1 aliphatic rings. The number of hydrogen-bond acceptors (Lipinski definition) is 7. The number of carbonyl (C=O) groups excluding carboxylic acids is 1. The summed E-state index contributed by atoms with van der Waals surface area (Å²) in [5.41, 5.74) is 2.41. The topological polar surface area (TPSA) is 100 Å². The van der Waals surface area contributed by atoms with Crippen molar-refractivity contribution < 1.29 is 28.7 Å². The van der Waals surface area contributed by atoms with E-state index >= 15 is 0 Å². The van der Waals surface area contributed by atoms with E-state index in [2.05, 4.69) is 0 Å². The first kappa shape index (κ1) is 24.8. The number of nitro benzene ring substituents is 1. The van der Waals surface area contributed by atoms with Gasteiger partial charge in [-0.15, -0.1) is 0 Å². The van der Waals surface area contributed by atoms with Crippen LogP contribution in [0, 0.1) is 17.0 Å². The van der Waals surface area contributed by atoms with E-state index < -0.39 is 11.0 Å². The molecule has 1 heterocycles. The molecular formula is C27H28N2O7. The first-order valence-corrected chi connectivity index (χ1v) is 11.4. The van der Waals surface area contributed by atoms with E-state index in [9.17, 15) is 14.9 Å². The Balaban J connectivity index is 1.76. The largest absolute Gasteiger partial charge is 0.493 e. The first-order valence-electron chi connectivity index (χ1n) is 11.4. The SMILES string of the molecule is COc1cc2c(cc1OC)[C@@H](COc1ccccc1OC)N(C(=O)c1cccc([N+](=O)[O-])c1C)CC2. The number of rotatable bonds is 8. The van der Waals surface area contributed by atoms with Gasteiger partial charge in [0.05, 0.1) is 32.3 Å². The quantitative estimate of drug-likeness (QED) is 0.330. The summed E-state index contributed by atoms with van der Waals surface area (Å²) >= 11 is 0. The van der Waals surface area contributed by atoms with E-state index in [1.54, 1.807) is 51.4 Å². The second-order valence-corrected chi connectivity index (χ2v) is 8.34. The molecule has 3 aromatic rings. The van der Waals surface area contributed by atoms with Gasteiger partial charge in [-0.2, -0.15) is 0 Å². The van der Waals surface area contributed by atoms with Crippen LogP contribution in [-0.4, -0.2) is 50.2 Å². The molecule has 188 valence electrons. The highest BCUT2D eigenvalue weighted by molar-refractivity contribution is 5.97. The van der Waals surface area contributed by atoms with Crippen molar-refractivity contribution in [2.24, 2.45) is 0 Å². The molecule has 0 unspecified atom stereocenters. The number of amides is 1. The van der Waals surface area contributed by atoms with Crippen LogP contribution in [0.5, 0.6) is 23.0 Å². The molecule has 0 aliphatic carbocycles. The monoisotopic (exact) mass is 492 g/mol. The number of fused-ring (bicyclic) bond motifs is 1. The molecule has 9 heteroatoms. The van der Waals surface area contributed by atoms with Crippen LogP contribution in [0.1, 0.15) is 33.1 Å². The van der Waals surface area contributed by atoms with Gasteiger partial charge in [-0.1, -0.05) is 18.2 Å². The van der Waals surface area contributed by atoms with E-state index in [-0.39, 0.29) is 23.8 Å². The van der Waals surface area contributed by atoms with E-state index in [1.165, 1.54) is 12.1 Å². The molecule has 4 rings (SSSR count). The lowest BCUT2D eigenvalue weighted by molar-refractivity contribution is -0.385. The average Bonchev–Trinajstić information content (AvgIpc) is 2.90. The Hall–Kier alpha value is -4.27. The molecule has 0 N–H and O–H groups in total. The molecule has 1 atom stereocenters. The lowest BCUT2D eigenvalue weighted by Gasteiger charge is -2.38. The number of ether oxygens (including phenoxy) is 4. The normalized spacial score (nSPS) is 14.6. The van der Waals surface area contributed by atoms with Gasteiger partial charge in [0.2, 0.25) is 0 Å². The van der Waals surface area contributed by atoms with Gasteiger partial charge in [0.15, 0.2) is 23.0 Å². The molecule has 36 heavy (non-hydrogen) atoms. The van der Waals surface area contributed by atoms with E-state index in [0.717, 1.165) is 11.1 Å². The summed E-state index contributed by atoms with van der Waals surface area (Å²) in [6.45, 7) is 2.14. The summed E-state index contributed by atoms with van der Waals surface area (Å²) < 4.78 is 22.6. The van der Waals surface area contributed by atoms with Crippen molar-refractivity contribution in [2.45, 2.75) is 19.4 Å². The fourth-order valence-electron chi connectivity index (χ4n) is 4.57. The van der Waals surface area contributed by atoms with E-state index in [1.807, 2.05) is 24.3 Å². The Bertz CT molecular complexity index is 1290. The van der Waals surface area contributed by atoms with Gasteiger partial charge in [0, 0.05) is 23.7 Å². The predicted octanol–water partition coefficient (Wildman–Crippen LogP) is 4.75. The van der Waals surface area contributed by atoms with Gasteiger partial charge in [0.25, 0.3) is 11.6 Å². The zero-order valence-electron chi connectivity index (χ0n) is 20.6. The van der Waals surface area contributed by atoms with Crippen LogP contribution >= 0.6 is 0 Å². The summed E-state index contributed by atoms with van der Waals surface area (Å²) in [6.07, 6.45) is 0.584.